The van der Waals surface area contributed by atoms with Gasteiger partial charge in [-0.1, -0.05) is 61.5 Å². The Kier molecular flexibility index (Phi) is 5.07. The highest BCUT2D eigenvalue weighted by Gasteiger charge is 2.46. The Morgan fingerprint density at radius 3 is 2.19 bits per heavy atom. The predicted octanol–water partition coefficient (Wildman–Crippen LogP) is 2.76. The molecule has 0 saturated carbocycles. The molecule has 6 nitrogen and oxygen atoms in total. The zero-order valence-electron chi connectivity index (χ0n) is 14.8. The van der Waals surface area contributed by atoms with Crippen LogP contribution in [0.4, 0.5) is 0 Å². The SMILES string of the molecule is CCc1ccc(C2/C(=C(\O)c3ccccc3)C(=O)C(=O)N2CC(=O)O)cc1. The van der Waals surface area contributed by atoms with Crippen molar-refractivity contribution in [1.29, 1.82) is 0 Å². The second-order valence-corrected chi connectivity index (χ2v) is 6.28. The van der Waals surface area contributed by atoms with E-state index in [1.165, 1.54) is 0 Å². The summed E-state index contributed by atoms with van der Waals surface area (Å²) < 4.78 is 0. The van der Waals surface area contributed by atoms with E-state index in [0.717, 1.165) is 16.9 Å². The first-order valence-electron chi connectivity index (χ1n) is 8.58. The Morgan fingerprint density at radius 2 is 1.63 bits per heavy atom. The number of carboxylic acid groups (broad SMARTS) is 1. The van der Waals surface area contributed by atoms with Gasteiger partial charge >= 0.3 is 5.97 Å². The Bertz CT molecular complexity index is 915. The first kappa shape index (κ1) is 18.4. The molecule has 138 valence electrons. The highest BCUT2D eigenvalue weighted by molar-refractivity contribution is 6.46. The number of carboxylic acids is 1. The van der Waals surface area contributed by atoms with Crippen molar-refractivity contribution >= 4 is 23.4 Å². The topological polar surface area (TPSA) is 94.9 Å². The lowest BCUT2D eigenvalue weighted by molar-refractivity contribution is -0.146. The third-order valence-electron chi connectivity index (χ3n) is 4.60. The number of rotatable bonds is 5. The van der Waals surface area contributed by atoms with Crippen molar-refractivity contribution in [2.45, 2.75) is 19.4 Å². The summed E-state index contributed by atoms with van der Waals surface area (Å²) in [5, 5.41) is 19.9. The van der Waals surface area contributed by atoms with Gasteiger partial charge in [0.1, 0.15) is 12.3 Å². The molecular weight excluding hydrogens is 346 g/mol. The number of aliphatic hydroxyl groups is 1. The molecule has 0 spiro atoms. The van der Waals surface area contributed by atoms with Gasteiger partial charge in [-0.15, -0.1) is 0 Å². The number of aliphatic hydroxyl groups excluding tert-OH is 1. The van der Waals surface area contributed by atoms with Gasteiger partial charge in [0, 0.05) is 5.56 Å². The number of hydrogen-bond donors (Lipinski definition) is 2. The van der Waals surface area contributed by atoms with E-state index in [4.69, 9.17) is 0 Å². The molecule has 2 aromatic rings. The van der Waals surface area contributed by atoms with E-state index < -0.39 is 30.2 Å². The minimum absolute atomic E-state index is 0.100. The molecule has 0 bridgehead atoms. The van der Waals surface area contributed by atoms with Gasteiger partial charge in [0.25, 0.3) is 11.7 Å². The van der Waals surface area contributed by atoms with Gasteiger partial charge < -0.3 is 15.1 Å². The van der Waals surface area contributed by atoms with Gasteiger partial charge in [-0.25, -0.2) is 0 Å². The molecule has 0 radical (unpaired) electrons. The van der Waals surface area contributed by atoms with Crippen molar-refractivity contribution < 1.29 is 24.6 Å². The lowest BCUT2D eigenvalue weighted by Gasteiger charge is -2.23. The van der Waals surface area contributed by atoms with Gasteiger partial charge in [-0.2, -0.15) is 0 Å². The number of aliphatic carboxylic acids is 1. The van der Waals surface area contributed by atoms with Gasteiger partial charge in [-0.3, -0.25) is 14.4 Å². The van der Waals surface area contributed by atoms with Gasteiger partial charge in [0.2, 0.25) is 0 Å². The highest BCUT2D eigenvalue weighted by Crippen LogP contribution is 2.39. The number of amides is 1. The predicted molar refractivity (Wildman–Crippen MR) is 98.9 cm³/mol. The Morgan fingerprint density at radius 1 is 1.00 bits per heavy atom. The van der Waals surface area contributed by atoms with Crippen molar-refractivity contribution in [3.63, 3.8) is 0 Å². The Labute approximate surface area is 156 Å². The molecule has 1 aliphatic heterocycles. The van der Waals surface area contributed by atoms with Crippen molar-refractivity contribution in [1.82, 2.24) is 4.90 Å². The van der Waals surface area contributed by atoms with E-state index >= 15 is 0 Å². The number of ketones is 1. The molecule has 3 rings (SSSR count). The fourth-order valence-corrected chi connectivity index (χ4v) is 3.22. The molecule has 6 heteroatoms. The first-order chi connectivity index (χ1) is 12.9. The number of carbonyl (C=O) groups excluding carboxylic acids is 2. The molecule has 1 aliphatic rings. The van der Waals surface area contributed by atoms with Crippen molar-refractivity contribution in [3.8, 4) is 0 Å². The second kappa shape index (κ2) is 7.45. The van der Waals surface area contributed by atoms with Gasteiger partial charge in [-0.05, 0) is 17.5 Å². The minimum atomic E-state index is -1.23. The summed E-state index contributed by atoms with van der Waals surface area (Å²) in [7, 11) is 0. The molecular formula is C21H19NO5. The number of hydrogen-bond acceptors (Lipinski definition) is 4. The maximum absolute atomic E-state index is 12.6. The molecule has 1 unspecified atom stereocenters. The molecule has 0 aliphatic carbocycles. The molecule has 0 aromatic heterocycles. The summed E-state index contributed by atoms with van der Waals surface area (Å²) in [4.78, 5) is 37.3. The van der Waals surface area contributed by atoms with Crippen LogP contribution >= 0.6 is 0 Å². The van der Waals surface area contributed by atoms with Crippen molar-refractivity contribution in [3.05, 3.63) is 76.9 Å². The third-order valence-corrected chi connectivity index (χ3v) is 4.60. The van der Waals surface area contributed by atoms with E-state index in [1.54, 1.807) is 42.5 Å². The van der Waals surface area contributed by atoms with E-state index in [9.17, 15) is 24.6 Å². The first-order valence-corrected chi connectivity index (χ1v) is 8.58. The summed E-state index contributed by atoms with van der Waals surface area (Å²) in [5.74, 6) is -3.36. The number of carbonyl (C=O) groups is 3. The zero-order valence-corrected chi connectivity index (χ0v) is 14.8. The summed E-state index contributed by atoms with van der Waals surface area (Å²) in [5.41, 5.74) is 1.93. The average Bonchev–Trinajstić information content (AvgIpc) is 2.92. The van der Waals surface area contributed by atoms with Crippen LogP contribution in [0.1, 0.15) is 29.7 Å². The quantitative estimate of drug-likeness (QED) is 0.483. The van der Waals surface area contributed by atoms with Crippen molar-refractivity contribution in [2.24, 2.45) is 0 Å². The maximum Gasteiger partial charge on any atom is 0.323 e. The van der Waals surface area contributed by atoms with E-state index in [2.05, 4.69) is 0 Å². The number of benzene rings is 2. The van der Waals surface area contributed by atoms with Crippen molar-refractivity contribution in [2.75, 3.05) is 6.54 Å². The van der Waals surface area contributed by atoms with Crippen LogP contribution in [-0.4, -0.2) is 39.3 Å². The fourth-order valence-electron chi connectivity index (χ4n) is 3.22. The van der Waals surface area contributed by atoms with Crippen LogP contribution in [0.5, 0.6) is 0 Å². The van der Waals surface area contributed by atoms with Crippen LogP contribution < -0.4 is 0 Å². The summed E-state index contributed by atoms with van der Waals surface area (Å²) in [6, 6.07) is 14.7. The lowest BCUT2D eigenvalue weighted by Crippen LogP contribution is -2.34. The molecule has 1 heterocycles. The second-order valence-electron chi connectivity index (χ2n) is 6.28. The largest absolute Gasteiger partial charge is 0.507 e. The number of nitrogens with zero attached hydrogens (tertiary/aromatic N) is 1. The molecule has 1 fully saturated rings. The summed E-state index contributed by atoms with van der Waals surface area (Å²) in [6.45, 7) is 1.37. The summed E-state index contributed by atoms with van der Waals surface area (Å²) in [6.07, 6.45) is 0.819. The number of likely N-dealkylation sites (tertiary alicyclic amines) is 1. The molecule has 2 aromatic carbocycles. The number of aryl methyl sites for hydroxylation is 1. The highest BCUT2D eigenvalue weighted by atomic mass is 16.4. The Balaban J connectivity index is 2.17. The number of Topliss-reactive ketones (excluding diaryl/α,β-unsaturated/α-hetero) is 1. The van der Waals surface area contributed by atoms with E-state index in [0.29, 0.717) is 11.1 Å². The van der Waals surface area contributed by atoms with Crippen LogP contribution in [0.15, 0.2) is 60.2 Å². The van der Waals surface area contributed by atoms with Crippen LogP contribution in [0, 0.1) is 0 Å². The van der Waals surface area contributed by atoms with E-state index in [-0.39, 0.29) is 11.3 Å². The maximum atomic E-state index is 12.6. The molecule has 1 saturated heterocycles. The van der Waals surface area contributed by atoms with Crippen LogP contribution in [0.3, 0.4) is 0 Å². The fraction of sp³-hybridized carbons (Fsp3) is 0.190. The third kappa shape index (κ3) is 3.46. The molecule has 2 N–H and O–H groups in total. The molecule has 1 amide bonds. The average molecular weight is 365 g/mol. The van der Waals surface area contributed by atoms with Gasteiger partial charge in [0.05, 0.1) is 11.6 Å². The monoisotopic (exact) mass is 365 g/mol. The standard InChI is InChI=1S/C21H19NO5/c1-2-13-8-10-14(11-9-13)18-17(19(25)15-6-4-3-5-7-15)20(26)21(27)22(18)12-16(23)24/h3-11,18,25H,2,12H2,1H3,(H,23,24)/b19-17+. The molecule has 1 atom stereocenters. The summed E-state index contributed by atoms with van der Waals surface area (Å²) >= 11 is 0. The Hall–Kier alpha value is -3.41. The van der Waals surface area contributed by atoms with Crippen LogP contribution in [-0.2, 0) is 20.8 Å². The van der Waals surface area contributed by atoms with Gasteiger partial charge in [0.15, 0.2) is 0 Å². The van der Waals surface area contributed by atoms with Crippen LogP contribution in [0.25, 0.3) is 5.76 Å². The minimum Gasteiger partial charge on any atom is -0.507 e. The van der Waals surface area contributed by atoms with E-state index in [1.807, 2.05) is 19.1 Å². The lowest BCUT2D eigenvalue weighted by atomic mass is 9.94. The smallest absolute Gasteiger partial charge is 0.323 e. The molecule has 27 heavy (non-hydrogen) atoms. The van der Waals surface area contributed by atoms with Crippen LogP contribution in [0.2, 0.25) is 0 Å². The normalized spacial score (nSPS) is 18.7. The zero-order chi connectivity index (χ0) is 19.6.